The van der Waals surface area contributed by atoms with E-state index in [9.17, 15) is 0 Å². The summed E-state index contributed by atoms with van der Waals surface area (Å²) in [6.07, 6.45) is 6.17. The van der Waals surface area contributed by atoms with E-state index in [0.717, 1.165) is 33.4 Å². The molecular formula is C28H18N4. The van der Waals surface area contributed by atoms with Crippen LogP contribution in [0.3, 0.4) is 0 Å². The van der Waals surface area contributed by atoms with Gasteiger partial charge in [0.2, 0.25) is 0 Å². The Kier molecular flexibility index (Phi) is 3.52. The summed E-state index contributed by atoms with van der Waals surface area (Å²) >= 11 is 0. The highest BCUT2D eigenvalue weighted by Crippen LogP contribution is 2.38. The number of nitrogens with zero attached hydrogens (tertiary/aromatic N) is 4. The molecule has 0 aliphatic carbocycles. The molecule has 0 aliphatic heterocycles. The van der Waals surface area contributed by atoms with Crippen LogP contribution in [0.15, 0.2) is 110 Å². The van der Waals surface area contributed by atoms with Crippen LogP contribution in [-0.2, 0) is 0 Å². The molecule has 0 saturated carbocycles. The summed E-state index contributed by atoms with van der Waals surface area (Å²) < 4.78 is 3.97. The second kappa shape index (κ2) is 6.53. The summed E-state index contributed by atoms with van der Waals surface area (Å²) in [5.41, 5.74) is 6.39. The van der Waals surface area contributed by atoms with Crippen molar-refractivity contribution in [3.8, 4) is 22.4 Å². The number of benzene rings is 3. The SMILES string of the molecule is c1ccc(-c2nn3cc4ccccc4cc3c2-c2cnn3cc4ccccc4cc23)cc1. The molecule has 0 unspecified atom stereocenters. The van der Waals surface area contributed by atoms with Crippen molar-refractivity contribution in [3.63, 3.8) is 0 Å². The van der Waals surface area contributed by atoms with Crippen molar-refractivity contribution in [3.05, 3.63) is 110 Å². The van der Waals surface area contributed by atoms with Gasteiger partial charge in [-0.3, -0.25) is 0 Å². The zero-order valence-corrected chi connectivity index (χ0v) is 17.2. The lowest BCUT2D eigenvalue weighted by molar-refractivity contribution is 0.970. The second-order valence-corrected chi connectivity index (χ2v) is 8.11. The van der Waals surface area contributed by atoms with Gasteiger partial charge in [0.05, 0.1) is 17.2 Å². The van der Waals surface area contributed by atoms with Crippen molar-refractivity contribution in [1.82, 2.24) is 19.2 Å². The Hall–Kier alpha value is -4.44. The first kappa shape index (κ1) is 17.3. The van der Waals surface area contributed by atoms with Gasteiger partial charge in [-0.25, -0.2) is 9.03 Å². The van der Waals surface area contributed by atoms with Crippen LogP contribution in [0.1, 0.15) is 0 Å². The van der Waals surface area contributed by atoms with E-state index >= 15 is 0 Å². The van der Waals surface area contributed by atoms with E-state index in [2.05, 4.69) is 97.3 Å². The van der Waals surface area contributed by atoms with Gasteiger partial charge >= 0.3 is 0 Å². The van der Waals surface area contributed by atoms with Gasteiger partial charge in [-0.2, -0.15) is 10.2 Å². The van der Waals surface area contributed by atoms with Gasteiger partial charge in [-0.05, 0) is 22.9 Å². The van der Waals surface area contributed by atoms with E-state index in [0.29, 0.717) is 0 Å². The maximum atomic E-state index is 5.04. The van der Waals surface area contributed by atoms with Gasteiger partial charge in [-0.1, -0.05) is 78.9 Å². The molecule has 32 heavy (non-hydrogen) atoms. The standard InChI is InChI=1S/C28H18N4/c1-2-8-19(9-3-1)28-27(26-15-21-11-5-7-13-23(21)18-32(26)30-28)24-16-29-31-17-22-12-6-4-10-20(22)14-25(24)31/h1-18H. The van der Waals surface area contributed by atoms with E-state index in [-0.39, 0.29) is 0 Å². The number of hydrogen-bond acceptors (Lipinski definition) is 2. The van der Waals surface area contributed by atoms with Gasteiger partial charge in [0, 0.05) is 39.9 Å². The smallest absolute Gasteiger partial charge is 0.101 e. The third kappa shape index (κ3) is 2.50. The molecule has 7 aromatic rings. The quantitative estimate of drug-likeness (QED) is 0.321. The molecule has 3 aromatic carbocycles. The summed E-state index contributed by atoms with van der Waals surface area (Å²) in [4.78, 5) is 0. The van der Waals surface area contributed by atoms with E-state index in [4.69, 9.17) is 10.2 Å². The Bertz CT molecular complexity index is 1770. The van der Waals surface area contributed by atoms with Gasteiger partial charge in [0.25, 0.3) is 0 Å². The summed E-state index contributed by atoms with van der Waals surface area (Å²) in [5, 5.41) is 14.5. The first-order chi connectivity index (χ1) is 15.8. The number of hydrogen-bond donors (Lipinski definition) is 0. The molecule has 4 heteroatoms. The third-order valence-corrected chi connectivity index (χ3v) is 6.20. The average Bonchev–Trinajstić information content (AvgIpc) is 3.42. The number of fused-ring (bicyclic) bond motifs is 4. The molecule has 0 radical (unpaired) electrons. The van der Waals surface area contributed by atoms with Crippen LogP contribution in [0.5, 0.6) is 0 Å². The highest BCUT2D eigenvalue weighted by Gasteiger charge is 2.20. The van der Waals surface area contributed by atoms with Gasteiger partial charge in [0.15, 0.2) is 0 Å². The van der Waals surface area contributed by atoms with Gasteiger partial charge in [-0.15, -0.1) is 0 Å². The van der Waals surface area contributed by atoms with Crippen molar-refractivity contribution in [1.29, 1.82) is 0 Å². The zero-order chi connectivity index (χ0) is 21.1. The Labute approximate surface area is 184 Å². The van der Waals surface area contributed by atoms with Crippen LogP contribution in [0.4, 0.5) is 0 Å². The monoisotopic (exact) mass is 410 g/mol. The lowest BCUT2D eigenvalue weighted by atomic mass is 9.99. The molecule has 7 rings (SSSR count). The van der Waals surface area contributed by atoms with E-state index in [1.165, 1.54) is 21.5 Å². The molecule has 150 valence electrons. The number of pyridine rings is 2. The van der Waals surface area contributed by atoms with Crippen LogP contribution in [0.25, 0.3) is 55.0 Å². The van der Waals surface area contributed by atoms with Gasteiger partial charge in [0.1, 0.15) is 5.69 Å². The second-order valence-electron chi connectivity index (χ2n) is 8.11. The zero-order valence-electron chi connectivity index (χ0n) is 17.2. The maximum absolute atomic E-state index is 5.04. The van der Waals surface area contributed by atoms with E-state index in [1.54, 1.807) is 0 Å². The van der Waals surface area contributed by atoms with Crippen LogP contribution >= 0.6 is 0 Å². The molecule has 0 spiro atoms. The third-order valence-electron chi connectivity index (χ3n) is 6.20. The van der Waals surface area contributed by atoms with Crippen molar-refractivity contribution in [2.24, 2.45) is 0 Å². The molecule has 4 nitrogen and oxygen atoms in total. The van der Waals surface area contributed by atoms with Crippen molar-refractivity contribution in [2.45, 2.75) is 0 Å². The van der Waals surface area contributed by atoms with Crippen LogP contribution in [0, 0.1) is 0 Å². The summed E-state index contributed by atoms with van der Waals surface area (Å²) in [7, 11) is 0. The molecule has 0 bridgehead atoms. The van der Waals surface area contributed by atoms with Crippen LogP contribution < -0.4 is 0 Å². The molecule has 0 fully saturated rings. The van der Waals surface area contributed by atoms with E-state index < -0.39 is 0 Å². The Morgan fingerprint density at radius 2 is 1.16 bits per heavy atom. The molecule has 0 saturated heterocycles. The highest BCUT2D eigenvalue weighted by molar-refractivity contribution is 6.02. The van der Waals surface area contributed by atoms with Crippen LogP contribution in [0.2, 0.25) is 0 Å². The largest absolute Gasteiger partial charge is 0.240 e. The Balaban J connectivity index is 1.61. The van der Waals surface area contributed by atoms with Crippen LogP contribution in [-0.4, -0.2) is 19.2 Å². The minimum atomic E-state index is 0.962. The Morgan fingerprint density at radius 3 is 1.88 bits per heavy atom. The minimum Gasteiger partial charge on any atom is -0.240 e. The molecule has 4 heterocycles. The normalized spacial score (nSPS) is 11.8. The summed E-state index contributed by atoms with van der Waals surface area (Å²) in [5.74, 6) is 0. The molecule has 0 amide bonds. The first-order valence-corrected chi connectivity index (χ1v) is 10.7. The highest BCUT2D eigenvalue weighted by atomic mass is 15.2. The van der Waals surface area contributed by atoms with E-state index in [1.807, 2.05) is 21.3 Å². The average molecular weight is 410 g/mol. The fraction of sp³-hybridized carbons (Fsp3) is 0. The molecule has 0 aliphatic rings. The summed E-state index contributed by atoms with van der Waals surface area (Å²) in [6.45, 7) is 0. The summed E-state index contributed by atoms with van der Waals surface area (Å²) in [6, 6.07) is 31.7. The topological polar surface area (TPSA) is 34.6 Å². The fourth-order valence-electron chi connectivity index (χ4n) is 4.64. The predicted molar refractivity (Wildman–Crippen MR) is 130 cm³/mol. The van der Waals surface area contributed by atoms with Crippen molar-refractivity contribution >= 4 is 32.6 Å². The molecule has 0 N–H and O–H groups in total. The molecule has 4 aromatic heterocycles. The lowest BCUT2D eigenvalue weighted by Gasteiger charge is -2.05. The first-order valence-electron chi connectivity index (χ1n) is 10.7. The minimum absolute atomic E-state index is 0.962. The van der Waals surface area contributed by atoms with Gasteiger partial charge < -0.3 is 0 Å². The van der Waals surface area contributed by atoms with Crippen molar-refractivity contribution < 1.29 is 0 Å². The Morgan fingerprint density at radius 1 is 0.562 bits per heavy atom. The fourth-order valence-corrected chi connectivity index (χ4v) is 4.64. The maximum Gasteiger partial charge on any atom is 0.101 e. The molecule has 0 atom stereocenters. The number of aromatic nitrogens is 4. The molecular weight excluding hydrogens is 392 g/mol. The predicted octanol–water partition coefficient (Wildman–Crippen LogP) is 6.62. The lowest BCUT2D eigenvalue weighted by Crippen LogP contribution is -1.88. The number of rotatable bonds is 2. The van der Waals surface area contributed by atoms with Crippen molar-refractivity contribution in [2.75, 3.05) is 0 Å².